The summed E-state index contributed by atoms with van der Waals surface area (Å²) >= 11 is 1.28. The van der Waals surface area contributed by atoms with E-state index < -0.39 is 0 Å². The molecular formula is C21H18N4O2S. The summed E-state index contributed by atoms with van der Waals surface area (Å²) in [6.07, 6.45) is 2.28. The van der Waals surface area contributed by atoms with Crippen molar-refractivity contribution >= 4 is 34.3 Å². The lowest BCUT2D eigenvalue weighted by Crippen LogP contribution is -2.23. The Morgan fingerprint density at radius 3 is 2.68 bits per heavy atom. The first kappa shape index (κ1) is 18.3. The molecule has 0 radical (unpaired) electrons. The molecule has 4 rings (SSSR count). The highest BCUT2D eigenvalue weighted by Crippen LogP contribution is 2.36. The van der Waals surface area contributed by atoms with Crippen molar-refractivity contribution in [2.75, 3.05) is 11.1 Å². The van der Waals surface area contributed by atoms with Crippen molar-refractivity contribution in [3.05, 3.63) is 64.4 Å². The highest BCUT2D eigenvalue weighted by atomic mass is 32.2. The number of para-hydroxylation sites is 1. The van der Waals surface area contributed by atoms with Crippen LogP contribution in [0.2, 0.25) is 0 Å². The van der Waals surface area contributed by atoms with Gasteiger partial charge in [0.25, 0.3) is 5.56 Å². The van der Waals surface area contributed by atoms with Crippen LogP contribution in [0.5, 0.6) is 0 Å². The number of nitrogens with one attached hydrogen (secondary N) is 1. The van der Waals surface area contributed by atoms with E-state index in [1.165, 1.54) is 11.8 Å². The van der Waals surface area contributed by atoms with Gasteiger partial charge in [-0.05, 0) is 42.7 Å². The van der Waals surface area contributed by atoms with Crippen molar-refractivity contribution in [2.24, 2.45) is 0 Å². The Hall–Kier alpha value is -3.11. The molecule has 28 heavy (non-hydrogen) atoms. The third-order valence-electron chi connectivity index (χ3n) is 4.54. The van der Waals surface area contributed by atoms with Crippen LogP contribution in [0, 0.1) is 11.3 Å². The average Bonchev–Trinajstić information content (AvgIpc) is 3.53. The molecule has 140 valence electrons. The van der Waals surface area contributed by atoms with E-state index in [9.17, 15) is 9.59 Å². The van der Waals surface area contributed by atoms with Crippen LogP contribution in [-0.2, 0) is 11.2 Å². The zero-order valence-electron chi connectivity index (χ0n) is 15.1. The van der Waals surface area contributed by atoms with Gasteiger partial charge in [-0.15, -0.1) is 0 Å². The quantitative estimate of drug-likeness (QED) is 0.514. The standard InChI is InChI=1S/C21H18N4O2S/c22-12-11-14-5-7-15(8-6-14)23-19(26)13-28-21-24-18-4-2-1-3-17(18)20(27)25(21)16-9-10-16/h1-8,16H,9-11,13H2,(H,23,26). The summed E-state index contributed by atoms with van der Waals surface area (Å²) in [7, 11) is 0. The van der Waals surface area contributed by atoms with E-state index >= 15 is 0 Å². The number of hydrogen-bond donors (Lipinski definition) is 1. The molecule has 1 heterocycles. The van der Waals surface area contributed by atoms with Gasteiger partial charge in [0.2, 0.25) is 5.91 Å². The Morgan fingerprint density at radius 2 is 1.96 bits per heavy atom. The number of hydrogen-bond acceptors (Lipinski definition) is 5. The fourth-order valence-electron chi connectivity index (χ4n) is 3.01. The number of nitrogens with zero attached hydrogens (tertiary/aromatic N) is 3. The molecule has 1 N–H and O–H groups in total. The lowest BCUT2D eigenvalue weighted by molar-refractivity contribution is -0.113. The van der Waals surface area contributed by atoms with Gasteiger partial charge in [-0.2, -0.15) is 5.26 Å². The smallest absolute Gasteiger partial charge is 0.262 e. The number of anilines is 1. The first-order chi connectivity index (χ1) is 13.7. The second kappa shape index (κ2) is 7.87. The molecular weight excluding hydrogens is 372 g/mol. The Labute approximate surface area is 166 Å². The van der Waals surface area contributed by atoms with Gasteiger partial charge in [0.15, 0.2) is 5.16 Å². The second-order valence-corrected chi connectivity index (χ2v) is 7.63. The van der Waals surface area contributed by atoms with E-state index in [1.807, 2.05) is 30.3 Å². The van der Waals surface area contributed by atoms with E-state index in [4.69, 9.17) is 5.26 Å². The molecule has 0 aliphatic heterocycles. The van der Waals surface area contributed by atoms with Crippen molar-refractivity contribution in [1.29, 1.82) is 5.26 Å². The van der Waals surface area contributed by atoms with Crippen molar-refractivity contribution in [1.82, 2.24) is 9.55 Å². The SMILES string of the molecule is N#CCc1ccc(NC(=O)CSc2nc3ccccc3c(=O)n2C2CC2)cc1. The summed E-state index contributed by atoms with van der Waals surface area (Å²) in [6, 6.07) is 16.8. The molecule has 0 saturated heterocycles. The van der Waals surface area contributed by atoms with E-state index in [-0.39, 0.29) is 23.3 Å². The molecule has 1 fully saturated rings. The molecule has 0 unspecified atom stereocenters. The summed E-state index contributed by atoms with van der Waals surface area (Å²) in [6.45, 7) is 0. The van der Waals surface area contributed by atoms with Gasteiger partial charge < -0.3 is 5.32 Å². The summed E-state index contributed by atoms with van der Waals surface area (Å²) < 4.78 is 1.73. The van der Waals surface area contributed by atoms with Crippen LogP contribution in [0.4, 0.5) is 5.69 Å². The number of aromatic nitrogens is 2. The summed E-state index contributed by atoms with van der Waals surface area (Å²) in [5.74, 6) is 0.0000487. The van der Waals surface area contributed by atoms with E-state index in [2.05, 4.69) is 16.4 Å². The first-order valence-corrected chi connectivity index (χ1v) is 10.0. The molecule has 1 amide bonds. The average molecular weight is 390 g/mol. The topological polar surface area (TPSA) is 87.8 Å². The maximum absolute atomic E-state index is 12.8. The fraction of sp³-hybridized carbons (Fsp3) is 0.238. The predicted octanol–water partition coefficient (Wildman–Crippen LogP) is 3.53. The van der Waals surface area contributed by atoms with Crippen LogP contribution in [-0.4, -0.2) is 21.2 Å². The van der Waals surface area contributed by atoms with Crippen molar-refractivity contribution in [2.45, 2.75) is 30.5 Å². The van der Waals surface area contributed by atoms with Crippen LogP contribution in [0.15, 0.2) is 58.5 Å². The number of nitriles is 1. The number of carbonyl (C=O) groups is 1. The molecule has 0 spiro atoms. The number of amides is 1. The van der Waals surface area contributed by atoms with Gasteiger partial charge in [0, 0.05) is 11.7 Å². The van der Waals surface area contributed by atoms with Gasteiger partial charge >= 0.3 is 0 Å². The lowest BCUT2D eigenvalue weighted by atomic mass is 10.1. The highest BCUT2D eigenvalue weighted by Gasteiger charge is 2.28. The molecule has 0 bridgehead atoms. The van der Waals surface area contributed by atoms with Crippen LogP contribution in [0.25, 0.3) is 10.9 Å². The van der Waals surface area contributed by atoms with Gasteiger partial charge in [0.1, 0.15) is 0 Å². The third-order valence-corrected chi connectivity index (χ3v) is 5.49. The van der Waals surface area contributed by atoms with Crippen LogP contribution < -0.4 is 10.9 Å². The molecule has 1 aliphatic rings. The molecule has 1 saturated carbocycles. The molecule has 7 heteroatoms. The number of carbonyl (C=O) groups excluding carboxylic acids is 1. The second-order valence-electron chi connectivity index (χ2n) is 6.69. The number of thioether (sulfide) groups is 1. The van der Waals surface area contributed by atoms with Crippen molar-refractivity contribution in [3.8, 4) is 6.07 Å². The van der Waals surface area contributed by atoms with Crippen LogP contribution >= 0.6 is 11.8 Å². The molecule has 2 aromatic carbocycles. The van der Waals surface area contributed by atoms with Gasteiger partial charge in [0.05, 0.1) is 29.1 Å². The molecule has 1 aliphatic carbocycles. The third kappa shape index (κ3) is 3.92. The summed E-state index contributed by atoms with van der Waals surface area (Å²) in [5.41, 5.74) is 2.20. The number of rotatable bonds is 6. The first-order valence-electron chi connectivity index (χ1n) is 9.05. The van der Waals surface area contributed by atoms with Crippen molar-refractivity contribution in [3.63, 3.8) is 0 Å². The maximum Gasteiger partial charge on any atom is 0.262 e. The minimum atomic E-state index is -0.164. The largest absolute Gasteiger partial charge is 0.325 e. The lowest BCUT2D eigenvalue weighted by Gasteiger charge is -2.12. The molecule has 3 aromatic rings. The maximum atomic E-state index is 12.8. The Morgan fingerprint density at radius 1 is 1.21 bits per heavy atom. The highest BCUT2D eigenvalue weighted by molar-refractivity contribution is 7.99. The zero-order valence-corrected chi connectivity index (χ0v) is 15.9. The molecule has 0 atom stereocenters. The minimum absolute atomic E-state index is 0.0379. The Kier molecular flexibility index (Phi) is 5.13. The van der Waals surface area contributed by atoms with Crippen LogP contribution in [0.3, 0.4) is 0 Å². The van der Waals surface area contributed by atoms with E-state index in [1.54, 1.807) is 22.8 Å². The monoisotopic (exact) mass is 390 g/mol. The Bertz CT molecular complexity index is 1130. The number of fused-ring (bicyclic) bond motifs is 1. The summed E-state index contributed by atoms with van der Waals surface area (Å²) in [5, 5.41) is 12.8. The summed E-state index contributed by atoms with van der Waals surface area (Å²) in [4.78, 5) is 29.8. The molecule has 6 nitrogen and oxygen atoms in total. The van der Waals surface area contributed by atoms with Crippen LogP contribution in [0.1, 0.15) is 24.4 Å². The normalized spacial score (nSPS) is 13.2. The molecule has 1 aromatic heterocycles. The zero-order chi connectivity index (χ0) is 19.5. The van der Waals surface area contributed by atoms with Gasteiger partial charge in [-0.1, -0.05) is 36.0 Å². The van der Waals surface area contributed by atoms with Crippen molar-refractivity contribution < 1.29 is 4.79 Å². The predicted molar refractivity (Wildman–Crippen MR) is 109 cm³/mol. The minimum Gasteiger partial charge on any atom is -0.325 e. The van der Waals surface area contributed by atoms with Gasteiger partial charge in [-0.25, -0.2) is 4.98 Å². The van der Waals surface area contributed by atoms with E-state index in [0.29, 0.717) is 28.2 Å². The van der Waals surface area contributed by atoms with Gasteiger partial charge in [-0.3, -0.25) is 14.2 Å². The number of benzene rings is 2. The Balaban J connectivity index is 1.49. The van der Waals surface area contributed by atoms with E-state index in [0.717, 1.165) is 18.4 Å². The fourth-order valence-corrected chi connectivity index (χ4v) is 3.87.